The highest BCUT2D eigenvalue weighted by Gasteiger charge is 2.16. The van der Waals surface area contributed by atoms with E-state index in [1.165, 1.54) is 39.5 Å². The molecule has 0 radical (unpaired) electrons. The summed E-state index contributed by atoms with van der Waals surface area (Å²) in [5.74, 6) is -0.760. The number of urea groups is 1. The molecule has 2 amide bonds. The normalized spacial score (nSPS) is 10.0. The van der Waals surface area contributed by atoms with E-state index < -0.39 is 23.4 Å². The van der Waals surface area contributed by atoms with E-state index in [-0.39, 0.29) is 0 Å². The van der Waals surface area contributed by atoms with Gasteiger partial charge in [0.1, 0.15) is 17.3 Å². The van der Waals surface area contributed by atoms with Gasteiger partial charge in [-0.25, -0.2) is 13.6 Å². The molecule has 0 saturated carbocycles. The predicted molar refractivity (Wildman–Crippen MR) is 85.1 cm³/mol. The Hall–Kier alpha value is -3.03. The quantitative estimate of drug-likeness (QED) is 0.873. The Morgan fingerprint density at radius 3 is 1.92 bits per heavy atom. The first-order valence-corrected chi connectivity index (χ1v) is 6.82. The molecule has 0 aliphatic heterocycles. The Morgan fingerprint density at radius 2 is 1.46 bits per heavy atom. The van der Waals surface area contributed by atoms with Gasteiger partial charge >= 0.3 is 6.03 Å². The van der Waals surface area contributed by atoms with Gasteiger partial charge in [0, 0.05) is 12.1 Å². The zero-order valence-corrected chi connectivity index (χ0v) is 13.3. The van der Waals surface area contributed by atoms with Gasteiger partial charge in [0.2, 0.25) is 5.75 Å². The molecular weight excluding hydrogens is 322 g/mol. The molecule has 0 aromatic heterocycles. The summed E-state index contributed by atoms with van der Waals surface area (Å²) in [6.45, 7) is 0. The Labute approximate surface area is 137 Å². The number of carbonyl (C=O) groups is 1. The number of methoxy groups -OCH3 is 3. The van der Waals surface area contributed by atoms with Gasteiger partial charge < -0.3 is 24.8 Å². The van der Waals surface area contributed by atoms with Crippen LogP contribution in [0.25, 0.3) is 0 Å². The van der Waals surface area contributed by atoms with E-state index in [1.807, 2.05) is 0 Å². The van der Waals surface area contributed by atoms with Crippen molar-refractivity contribution in [3.63, 3.8) is 0 Å². The van der Waals surface area contributed by atoms with Crippen LogP contribution in [0.5, 0.6) is 17.2 Å². The number of nitrogens with one attached hydrogen (secondary N) is 2. The topological polar surface area (TPSA) is 68.8 Å². The number of amides is 2. The molecule has 0 heterocycles. The van der Waals surface area contributed by atoms with E-state index >= 15 is 0 Å². The van der Waals surface area contributed by atoms with E-state index in [0.29, 0.717) is 22.9 Å². The average Bonchev–Trinajstić information content (AvgIpc) is 2.57. The molecule has 2 N–H and O–H groups in total. The summed E-state index contributed by atoms with van der Waals surface area (Å²) in [4.78, 5) is 12.0. The Balaban J connectivity index is 2.23. The first-order chi connectivity index (χ1) is 11.5. The van der Waals surface area contributed by atoms with Crippen LogP contribution < -0.4 is 24.8 Å². The number of anilines is 2. The number of hydrogen-bond donors (Lipinski definition) is 2. The lowest BCUT2D eigenvalue weighted by Crippen LogP contribution is -2.21. The number of ether oxygens (including phenoxy) is 3. The number of halogens is 2. The molecule has 2 aromatic carbocycles. The number of carbonyl (C=O) groups excluding carboxylic acids is 1. The van der Waals surface area contributed by atoms with Crippen LogP contribution in [-0.4, -0.2) is 27.4 Å². The minimum absolute atomic E-state index is 0.291. The van der Waals surface area contributed by atoms with E-state index in [1.54, 1.807) is 0 Å². The van der Waals surface area contributed by atoms with E-state index in [9.17, 15) is 13.6 Å². The third kappa shape index (κ3) is 3.65. The molecular formula is C16H16F2N2O4. The Morgan fingerprint density at radius 1 is 0.917 bits per heavy atom. The van der Waals surface area contributed by atoms with Crippen molar-refractivity contribution in [1.29, 1.82) is 0 Å². The highest BCUT2D eigenvalue weighted by Crippen LogP contribution is 2.39. The molecule has 128 valence electrons. The summed E-state index contributed by atoms with van der Waals surface area (Å²) >= 11 is 0. The first kappa shape index (κ1) is 17.3. The molecule has 2 aromatic rings. The zero-order chi connectivity index (χ0) is 17.7. The molecule has 8 heteroatoms. The standard InChI is InChI=1S/C16H16F2N2O4/c1-22-12-7-9(8-13(23-2)15(12)24-3)19-16(21)20-14-10(17)5-4-6-11(14)18/h4-8H,1-3H3,(H2,19,20,21). The van der Waals surface area contributed by atoms with Crippen molar-refractivity contribution >= 4 is 17.4 Å². The number of benzene rings is 2. The molecule has 0 bridgehead atoms. The fourth-order valence-electron chi connectivity index (χ4n) is 2.05. The lowest BCUT2D eigenvalue weighted by Gasteiger charge is -2.15. The van der Waals surface area contributed by atoms with Crippen molar-refractivity contribution in [2.45, 2.75) is 0 Å². The SMILES string of the molecule is COc1cc(NC(=O)Nc2c(F)cccc2F)cc(OC)c1OC. The van der Waals surface area contributed by atoms with Crippen LogP contribution in [-0.2, 0) is 0 Å². The highest BCUT2D eigenvalue weighted by molar-refractivity contribution is 6.00. The lowest BCUT2D eigenvalue weighted by atomic mass is 10.2. The van der Waals surface area contributed by atoms with Crippen LogP contribution in [0.3, 0.4) is 0 Å². The number of rotatable bonds is 5. The van der Waals surface area contributed by atoms with Gasteiger partial charge in [-0.2, -0.15) is 0 Å². The van der Waals surface area contributed by atoms with Crippen molar-refractivity contribution in [3.8, 4) is 17.2 Å². The molecule has 24 heavy (non-hydrogen) atoms. The van der Waals surface area contributed by atoms with Crippen LogP contribution >= 0.6 is 0 Å². The minimum Gasteiger partial charge on any atom is -0.493 e. The van der Waals surface area contributed by atoms with Gasteiger partial charge in [0.25, 0.3) is 0 Å². The van der Waals surface area contributed by atoms with Gasteiger partial charge in [-0.05, 0) is 12.1 Å². The fraction of sp³-hybridized carbons (Fsp3) is 0.188. The smallest absolute Gasteiger partial charge is 0.323 e. The molecule has 0 atom stereocenters. The van der Waals surface area contributed by atoms with Crippen LogP contribution in [0, 0.1) is 11.6 Å². The summed E-state index contributed by atoms with van der Waals surface area (Å²) < 4.78 is 42.6. The van der Waals surface area contributed by atoms with Crippen molar-refractivity contribution in [1.82, 2.24) is 0 Å². The van der Waals surface area contributed by atoms with E-state index in [4.69, 9.17) is 14.2 Å². The van der Waals surface area contributed by atoms with Crippen LogP contribution in [0.4, 0.5) is 25.0 Å². The van der Waals surface area contributed by atoms with E-state index in [2.05, 4.69) is 10.6 Å². The van der Waals surface area contributed by atoms with Gasteiger partial charge in [0.15, 0.2) is 11.5 Å². The monoisotopic (exact) mass is 338 g/mol. The van der Waals surface area contributed by atoms with Crippen LogP contribution in [0.2, 0.25) is 0 Å². The second-order valence-corrected chi connectivity index (χ2v) is 4.59. The van der Waals surface area contributed by atoms with Crippen molar-refractivity contribution in [2.24, 2.45) is 0 Å². The van der Waals surface area contributed by atoms with Crippen LogP contribution in [0.1, 0.15) is 0 Å². The van der Waals surface area contributed by atoms with Gasteiger partial charge in [-0.15, -0.1) is 0 Å². The highest BCUT2D eigenvalue weighted by atomic mass is 19.1. The summed E-state index contributed by atoms with van der Waals surface area (Å²) in [7, 11) is 4.30. The molecule has 0 saturated heterocycles. The zero-order valence-electron chi connectivity index (χ0n) is 13.3. The predicted octanol–water partition coefficient (Wildman–Crippen LogP) is 3.63. The minimum atomic E-state index is -0.880. The van der Waals surface area contributed by atoms with Crippen molar-refractivity contribution in [3.05, 3.63) is 42.0 Å². The van der Waals surface area contributed by atoms with Crippen LogP contribution in [0.15, 0.2) is 30.3 Å². The molecule has 0 unspecified atom stereocenters. The summed E-state index contributed by atoms with van der Waals surface area (Å²) in [5.41, 5.74) is -0.249. The van der Waals surface area contributed by atoms with Gasteiger partial charge in [-0.1, -0.05) is 6.07 Å². The first-order valence-electron chi connectivity index (χ1n) is 6.82. The second-order valence-electron chi connectivity index (χ2n) is 4.59. The van der Waals surface area contributed by atoms with Gasteiger partial charge in [0.05, 0.1) is 27.0 Å². The maximum Gasteiger partial charge on any atom is 0.323 e. The number of hydrogen-bond acceptors (Lipinski definition) is 4. The molecule has 0 spiro atoms. The Bertz CT molecular complexity index is 708. The summed E-state index contributed by atoms with van der Waals surface area (Å²) in [6.07, 6.45) is 0. The molecule has 0 aliphatic carbocycles. The van der Waals surface area contributed by atoms with Gasteiger partial charge in [-0.3, -0.25) is 0 Å². The maximum absolute atomic E-state index is 13.5. The average molecular weight is 338 g/mol. The fourth-order valence-corrected chi connectivity index (χ4v) is 2.05. The van der Waals surface area contributed by atoms with E-state index in [0.717, 1.165) is 12.1 Å². The largest absolute Gasteiger partial charge is 0.493 e. The molecule has 6 nitrogen and oxygen atoms in total. The lowest BCUT2D eigenvalue weighted by molar-refractivity contribution is 0.262. The molecule has 0 fully saturated rings. The third-order valence-corrected chi connectivity index (χ3v) is 3.12. The maximum atomic E-state index is 13.5. The molecule has 0 aliphatic rings. The second kappa shape index (κ2) is 7.49. The molecule has 2 rings (SSSR count). The van der Waals surface area contributed by atoms with Crippen molar-refractivity contribution in [2.75, 3.05) is 32.0 Å². The number of para-hydroxylation sites is 1. The summed E-state index contributed by atoms with van der Waals surface area (Å²) in [6, 6.07) is 5.42. The third-order valence-electron chi connectivity index (χ3n) is 3.12. The van der Waals surface area contributed by atoms with Crippen molar-refractivity contribution < 1.29 is 27.8 Å². The summed E-state index contributed by atoms with van der Waals surface area (Å²) in [5, 5.41) is 4.56. The Kier molecular flexibility index (Phi) is 5.41.